The molecule has 0 aliphatic heterocycles. The number of urea groups is 1. The number of carbonyl (C=O) groups is 3. The van der Waals surface area contributed by atoms with Crippen molar-refractivity contribution in [2.24, 2.45) is 5.92 Å². The van der Waals surface area contributed by atoms with Gasteiger partial charge >= 0.3 is 12.0 Å². The molecule has 0 atom stereocenters. The van der Waals surface area contributed by atoms with Crippen LogP contribution in [0, 0.1) is 12.8 Å². The van der Waals surface area contributed by atoms with Crippen molar-refractivity contribution in [3.8, 4) is 5.75 Å². The lowest BCUT2D eigenvalue weighted by Gasteiger charge is -2.09. The molecule has 0 fully saturated rings. The molecule has 0 spiro atoms. The summed E-state index contributed by atoms with van der Waals surface area (Å²) in [5, 5.41) is 4.68. The van der Waals surface area contributed by atoms with E-state index in [1.165, 1.54) is 0 Å². The van der Waals surface area contributed by atoms with Gasteiger partial charge in [0.15, 0.2) is 6.61 Å². The fourth-order valence-corrected chi connectivity index (χ4v) is 1.94. The van der Waals surface area contributed by atoms with E-state index in [2.05, 4.69) is 10.6 Å². The van der Waals surface area contributed by atoms with Crippen molar-refractivity contribution >= 4 is 17.9 Å². The third-order valence-electron chi connectivity index (χ3n) is 3.44. The van der Waals surface area contributed by atoms with Gasteiger partial charge in [-0.1, -0.05) is 31.5 Å². The molecule has 0 saturated heterocycles. The predicted octanol–water partition coefficient (Wildman–Crippen LogP) is 2.57. The molecule has 1 aromatic rings. The van der Waals surface area contributed by atoms with Gasteiger partial charge in [0.1, 0.15) is 5.75 Å². The standard InChI is InChI=1S/C19H28N2O5/c1-14(2)10-11-20-19(24)21-17(22)13-26-18(23)5-4-12-25-16-8-6-15(3)7-9-16/h6-9,14H,4-5,10-13H2,1-3H3,(H2,20,21,22,24). The second-order valence-corrected chi connectivity index (χ2v) is 6.41. The molecule has 0 saturated carbocycles. The van der Waals surface area contributed by atoms with E-state index in [-0.39, 0.29) is 6.42 Å². The Kier molecular flexibility index (Phi) is 9.82. The highest BCUT2D eigenvalue weighted by molar-refractivity contribution is 5.95. The van der Waals surface area contributed by atoms with Crippen LogP contribution in [0.1, 0.15) is 38.7 Å². The molecule has 7 heteroatoms. The number of hydrogen-bond donors (Lipinski definition) is 2. The number of benzene rings is 1. The first-order valence-electron chi connectivity index (χ1n) is 8.79. The van der Waals surface area contributed by atoms with Crippen LogP contribution < -0.4 is 15.4 Å². The second-order valence-electron chi connectivity index (χ2n) is 6.41. The van der Waals surface area contributed by atoms with Crippen LogP contribution in [0.3, 0.4) is 0 Å². The van der Waals surface area contributed by atoms with E-state index in [1.807, 2.05) is 45.0 Å². The molecule has 2 N–H and O–H groups in total. The minimum absolute atomic E-state index is 0.139. The van der Waals surface area contributed by atoms with Crippen molar-refractivity contribution in [3.05, 3.63) is 29.8 Å². The fraction of sp³-hybridized carbons (Fsp3) is 0.526. The van der Waals surface area contributed by atoms with Crippen molar-refractivity contribution in [3.63, 3.8) is 0 Å². The quantitative estimate of drug-likeness (QED) is 0.492. The van der Waals surface area contributed by atoms with Gasteiger partial charge in [-0.3, -0.25) is 14.9 Å². The highest BCUT2D eigenvalue weighted by atomic mass is 16.5. The van der Waals surface area contributed by atoms with Crippen LogP contribution in [-0.2, 0) is 14.3 Å². The summed E-state index contributed by atoms with van der Waals surface area (Å²) in [6, 6.07) is 7.04. The first kappa shape index (κ1) is 21.5. The third-order valence-corrected chi connectivity index (χ3v) is 3.44. The summed E-state index contributed by atoms with van der Waals surface area (Å²) < 4.78 is 10.3. The molecule has 0 aliphatic rings. The predicted molar refractivity (Wildman–Crippen MR) is 97.9 cm³/mol. The summed E-state index contributed by atoms with van der Waals surface area (Å²) in [6.07, 6.45) is 1.44. The monoisotopic (exact) mass is 364 g/mol. The molecule has 0 heterocycles. The fourth-order valence-electron chi connectivity index (χ4n) is 1.94. The lowest BCUT2D eigenvalue weighted by atomic mass is 10.1. The molecule has 0 radical (unpaired) electrons. The number of imide groups is 1. The van der Waals surface area contributed by atoms with Crippen molar-refractivity contribution in [1.82, 2.24) is 10.6 Å². The van der Waals surface area contributed by atoms with Crippen molar-refractivity contribution < 1.29 is 23.9 Å². The number of ether oxygens (including phenoxy) is 2. The van der Waals surface area contributed by atoms with Crippen molar-refractivity contribution in [1.29, 1.82) is 0 Å². The molecule has 1 aromatic carbocycles. The van der Waals surface area contributed by atoms with E-state index < -0.39 is 24.5 Å². The van der Waals surface area contributed by atoms with Gasteiger partial charge in [0, 0.05) is 13.0 Å². The summed E-state index contributed by atoms with van der Waals surface area (Å²) in [5.74, 6) is 0.0398. The Bertz CT molecular complexity index is 584. The van der Waals surface area contributed by atoms with Crippen LogP contribution in [0.2, 0.25) is 0 Å². The largest absolute Gasteiger partial charge is 0.494 e. The van der Waals surface area contributed by atoms with Crippen LogP contribution in [0.25, 0.3) is 0 Å². The molecule has 7 nitrogen and oxygen atoms in total. The minimum atomic E-state index is -0.656. The SMILES string of the molecule is Cc1ccc(OCCCC(=O)OCC(=O)NC(=O)NCCC(C)C)cc1. The van der Waals surface area contributed by atoms with Gasteiger partial charge in [0.25, 0.3) is 5.91 Å². The van der Waals surface area contributed by atoms with E-state index in [9.17, 15) is 14.4 Å². The average molecular weight is 364 g/mol. The zero-order valence-electron chi connectivity index (χ0n) is 15.7. The summed E-state index contributed by atoms with van der Waals surface area (Å²) in [4.78, 5) is 34.5. The molecular weight excluding hydrogens is 336 g/mol. The summed E-state index contributed by atoms with van der Waals surface area (Å²) in [5.41, 5.74) is 1.15. The number of rotatable bonds is 10. The maximum atomic E-state index is 11.6. The first-order valence-corrected chi connectivity index (χ1v) is 8.79. The molecule has 0 aromatic heterocycles. The lowest BCUT2D eigenvalue weighted by molar-refractivity contribution is -0.148. The highest BCUT2D eigenvalue weighted by Gasteiger charge is 2.10. The van der Waals surface area contributed by atoms with Crippen LogP contribution >= 0.6 is 0 Å². The highest BCUT2D eigenvalue weighted by Crippen LogP contribution is 2.11. The van der Waals surface area contributed by atoms with Crippen molar-refractivity contribution in [2.75, 3.05) is 19.8 Å². The van der Waals surface area contributed by atoms with Gasteiger partial charge in [0.05, 0.1) is 6.61 Å². The van der Waals surface area contributed by atoms with Gasteiger partial charge in [-0.05, 0) is 37.8 Å². The van der Waals surface area contributed by atoms with Crippen LogP contribution in [0.5, 0.6) is 5.75 Å². The first-order chi connectivity index (χ1) is 12.4. The molecule has 0 aliphatic carbocycles. The maximum absolute atomic E-state index is 11.6. The van der Waals surface area contributed by atoms with Crippen LogP contribution in [0.15, 0.2) is 24.3 Å². The molecule has 0 bridgehead atoms. The number of aryl methyl sites for hydroxylation is 1. The zero-order valence-corrected chi connectivity index (χ0v) is 15.7. The Morgan fingerprint density at radius 3 is 2.46 bits per heavy atom. The Morgan fingerprint density at radius 1 is 1.12 bits per heavy atom. The smallest absolute Gasteiger partial charge is 0.321 e. The van der Waals surface area contributed by atoms with E-state index in [1.54, 1.807) is 0 Å². The normalized spacial score (nSPS) is 10.3. The van der Waals surface area contributed by atoms with E-state index in [0.717, 1.165) is 17.7 Å². The van der Waals surface area contributed by atoms with Gasteiger partial charge in [-0.15, -0.1) is 0 Å². The molecule has 26 heavy (non-hydrogen) atoms. The van der Waals surface area contributed by atoms with Crippen LogP contribution in [0.4, 0.5) is 4.79 Å². The van der Waals surface area contributed by atoms with E-state index in [0.29, 0.717) is 25.5 Å². The summed E-state index contributed by atoms with van der Waals surface area (Å²) in [6.45, 7) is 6.45. The summed E-state index contributed by atoms with van der Waals surface area (Å²) in [7, 11) is 0. The Labute approximate surface area is 154 Å². The Balaban J connectivity index is 2.08. The molecule has 1 rings (SSSR count). The number of esters is 1. The zero-order chi connectivity index (χ0) is 19.4. The van der Waals surface area contributed by atoms with Gasteiger partial charge in [-0.25, -0.2) is 4.79 Å². The minimum Gasteiger partial charge on any atom is -0.494 e. The maximum Gasteiger partial charge on any atom is 0.321 e. The average Bonchev–Trinajstić information content (AvgIpc) is 2.58. The number of nitrogens with one attached hydrogen (secondary N) is 2. The van der Waals surface area contributed by atoms with Gasteiger partial charge in [0.2, 0.25) is 0 Å². The van der Waals surface area contributed by atoms with E-state index in [4.69, 9.17) is 9.47 Å². The number of carbonyl (C=O) groups excluding carboxylic acids is 3. The van der Waals surface area contributed by atoms with Gasteiger partial charge < -0.3 is 14.8 Å². The van der Waals surface area contributed by atoms with Crippen LogP contribution in [-0.4, -0.2) is 37.7 Å². The number of hydrogen-bond acceptors (Lipinski definition) is 5. The Morgan fingerprint density at radius 2 is 1.81 bits per heavy atom. The second kappa shape index (κ2) is 11.9. The molecule has 3 amide bonds. The molecular formula is C19H28N2O5. The topological polar surface area (TPSA) is 93.7 Å². The van der Waals surface area contributed by atoms with Gasteiger partial charge in [-0.2, -0.15) is 0 Å². The Hall–Kier alpha value is -2.57. The van der Waals surface area contributed by atoms with Crippen molar-refractivity contribution in [2.45, 2.75) is 40.0 Å². The summed E-state index contributed by atoms with van der Waals surface area (Å²) >= 11 is 0. The molecule has 144 valence electrons. The number of amides is 3. The lowest BCUT2D eigenvalue weighted by Crippen LogP contribution is -2.41. The van der Waals surface area contributed by atoms with E-state index >= 15 is 0 Å². The third kappa shape index (κ3) is 10.3. The molecule has 0 unspecified atom stereocenters.